The van der Waals surface area contributed by atoms with Gasteiger partial charge in [0, 0.05) is 37.4 Å². The topological polar surface area (TPSA) is 79.0 Å². The number of ether oxygens (including phenoxy) is 1. The zero-order valence-corrected chi connectivity index (χ0v) is 18.9. The van der Waals surface area contributed by atoms with E-state index in [4.69, 9.17) is 4.74 Å². The lowest BCUT2D eigenvalue weighted by Crippen LogP contribution is -2.48. The van der Waals surface area contributed by atoms with E-state index >= 15 is 0 Å². The van der Waals surface area contributed by atoms with Crippen LogP contribution in [0.1, 0.15) is 10.4 Å². The van der Waals surface area contributed by atoms with Crippen LogP contribution in [0.15, 0.2) is 77.7 Å². The van der Waals surface area contributed by atoms with Gasteiger partial charge >= 0.3 is 0 Å². The molecule has 0 spiro atoms. The average Bonchev–Trinajstić information content (AvgIpc) is 2.84. The molecule has 1 saturated heterocycles. The number of carbonyl (C=O) groups excluding carboxylic acids is 1. The molecule has 0 aromatic heterocycles. The fourth-order valence-corrected chi connectivity index (χ4v) is 5.17. The third-order valence-corrected chi connectivity index (χ3v) is 7.41. The van der Waals surface area contributed by atoms with E-state index in [1.165, 1.54) is 46.8 Å². The molecule has 4 rings (SSSR count). The second kappa shape index (κ2) is 9.60. The summed E-state index contributed by atoms with van der Waals surface area (Å²) < 4.78 is 46.4. The maximum Gasteiger partial charge on any atom is 0.255 e. The van der Waals surface area contributed by atoms with E-state index in [0.717, 1.165) is 17.5 Å². The summed E-state index contributed by atoms with van der Waals surface area (Å²) in [4.78, 5) is 14.5. The Balaban J connectivity index is 1.41. The number of piperazine rings is 1. The van der Waals surface area contributed by atoms with Crippen LogP contribution in [0.2, 0.25) is 0 Å². The summed E-state index contributed by atoms with van der Waals surface area (Å²) in [5.41, 5.74) is 1.54. The first-order valence-electron chi connectivity index (χ1n) is 10.4. The minimum atomic E-state index is -3.67. The van der Waals surface area contributed by atoms with Crippen molar-refractivity contribution in [3.63, 3.8) is 0 Å². The molecule has 0 aliphatic carbocycles. The fourth-order valence-electron chi connectivity index (χ4n) is 3.75. The maximum absolute atomic E-state index is 13.3. The number of hydrogen-bond donors (Lipinski definition) is 1. The highest BCUT2D eigenvalue weighted by Crippen LogP contribution is 2.29. The Bertz CT molecular complexity index is 1240. The smallest absolute Gasteiger partial charge is 0.255 e. The maximum atomic E-state index is 13.3. The Morgan fingerprint density at radius 3 is 2.30 bits per heavy atom. The molecule has 1 fully saturated rings. The number of methoxy groups -OCH3 is 1. The number of halogens is 1. The van der Waals surface area contributed by atoms with Gasteiger partial charge in [-0.05, 0) is 54.6 Å². The minimum absolute atomic E-state index is 0.150. The van der Waals surface area contributed by atoms with E-state index < -0.39 is 21.7 Å². The Hall–Kier alpha value is -3.43. The first-order chi connectivity index (χ1) is 15.9. The lowest BCUT2D eigenvalue weighted by atomic mass is 10.2. The van der Waals surface area contributed by atoms with Crippen LogP contribution in [0.5, 0.6) is 5.75 Å². The SMILES string of the molecule is COc1ccccc1N1CCN(S(=O)(=O)c2ccc(NC(=O)c3cccc(F)c3)cc2)CC1. The third kappa shape index (κ3) is 4.99. The summed E-state index contributed by atoms with van der Waals surface area (Å²) in [6.07, 6.45) is 0. The van der Waals surface area contributed by atoms with E-state index in [1.807, 2.05) is 24.3 Å². The van der Waals surface area contributed by atoms with Crippen LogP contribution in [-0.2, 0) is 10.0 Å². The van der Waals surface area contributed by atoms with Crippen molar-refractivity contribution in [2.24, 2.45) is 0 Å². The molecule has 7 nitrogen and oxygen atoms in total. The highest BCUT2D eigenvalue weighted by atomic mass is 32.2. The summed E-state index contributed by atoms with van der Waals surface area (Å²) in [5, 5.41) is 2.65. The van der Waals surface area contributed by atoms with E-state index in [2.05, 4.69) is 10.2 Å². The summed E-state index contributed by atoms with van der Waals surface area (Å²) >= 11 is 0. The monoisotopic (exact) mass is 469 g/mol. The van der Waals surface area contributed by atoms with Crippen molar-refractivity contribution in [1.29, 1.82) is 0 Å². The number of nitrogens with zero attached hydrogens (tertiary/aromatic N) is 2. The second-order valence-electron chi connectivity index (χ2n) is 7.55. The summed E-state index contributed by atoms with van der Waals surface area (Å²) in [7, 11) is -2.06. The van der Waals surface area contributed by atoms with Crippen LogP contribution in [0.25, 0.3) is 0 Å². The molecule has 3 aromatic carbocycles. The Morgan fingerprint density at radius 1 is 0.939 bits per heavy atom. The highest BCUT2D eigenvalue weighted by Gasteiger charge is 2.29. The molecule has 1 aliphatic heterocycles. The van der Waals surface area contributed by atoms with Gasteiger partial charge in [0.2, 0.25) is 10.0 Å². The first-order valence-corrected chi connectivity index (χ1v) is 11.9. The third-order valence-electron chi connectivity index (χ3n) is 5.50. The van der Waals surface area contributed by atoms with Crippen LogP contribution in [-0.4, -0.2) is 51.9 Å². The molecule has 0 radical (unpaired) electrons. The van der Waals surface area contributed by atoms with Gasteiger partial charge < -0.3 is 15.0 Å². The number of para-hydroxylation sites is 2. The quantitative estimate of drug-likeness (QED) is 0.597. The van der Waals surface area contributed by atoms with Gasteiger partial charge in [0.1, 0.15) is 11.6 Å². The number of benzene rings is 3. The van der Waals surface area contributed by atoms with E-state index in [-0.39, 0.29) is 10.5 Å². The lowest BCUT2D eigenvalue weighted by Gasteiger charge is -2.35. The van der Waals surface area contributed by atoms with Crippen LogP contribution in [0.4, 0.5) is 15.8 Å². The van der Waals surface area contributed by atoms with Crippen molar-refractivity contribution >= 4 is 27.3 Å². The largest absolute Gasteiger partial charge is 0.495 e. The molecule has 1 aliphatic rings. The Kier molecular flexibility index (Phi) is 6.62. The van der Waals surface area contributed by atoms with E-state index in [1.54, 1.807) is 7.11 Å². The second-order valence-corrected chi connectivity index (χ2v) is 9.49. The molecule has 9 heteroatoms. The molecule has 0 saturated carbocycles. The molecule has 3 aromatic rings. The highest BCUT2D eigenvalue weighted by molar-refractivity contribution is 7.89. The summed E-state index contributed by atoms with van der Waals surface area (Å²) in [6, 6.07) is 19.0. The van der Waals surface area contributed by atoms with Gasteiger partial charge in [-0.2, -0.15) is 4.31 Å². The zero-order valence-electron chi connectivity index (χ0n) is 18.1. The van der Waals surface area contributed by atoms with Gasteiger partial charge in [-0.1, -0.05) is 18.2 Å². The molecular weight excluding hydrogens is 445 g/mol. The van der Waals surface area contributed by atoms with Gasteiger partial charge in [0.05, 0.1) is 17.7 Å². The molecular formula is C24H24FN3O4S. The number of carbonyl (C=O) groups is 1. The van der Waals surface area contributed by atoms with E-state index in [9.17, 15) is 17.6 Å². The summed E-state index contributed by atoms with van der Waals surface area (Å²) in [5.74, 6) is -0.225. The van der Waals surface area contributed by atoms with Gasteiger partial charge in [0.25, 0.3) is 5.91 Å². The number of amides is 1. The number of anilines is 2. The molecule has 1 heterocycles. The molecule has 33 heavy (non-hydrogen) atoms. The van der Waals surface area contributed by atoms with Crippen LogP contribution in [0.3, 0.4) is 0 Å². The summed E-state index contributed by atoms with van der Waals surface area (Å²) in [6.45, 7) is 1.78. The molecule has 172 valence electrons. The van der Waals surface area contributed by atoms with Gasteiger partial charge in [-0.15, -0.1) is 0 Å². The predicted octanol–water partition coefficient (Wildman–Crippen LogP) is 3.60. The Labute approximate surface area is 192 Å². The van der Waals surface area contributed by atoms with Crippen molar-refractivity contribution < 1.29 is 22.3 Å². The molecule has 1 amide bonds. The molecule has 0 bridgehead atoms. The van der Waals surface area contributed by atoms with Crippen LogP contribution in [0, 0.1) is 5.82 Å². The predicted molar refractivity (Wildman–Crippen MR) is 125 cm³/mol. The lowest BCUT2D eigenvalue weighted by molar-refractivity contribution is 0.102. The van der Waals surface area contributed by atoms with Crippen LogP contribution >= 0.6 is 0 Å². The molecule has 1 N–H and O–H groups in total. The van der Waals surface area contributed by atoms with Crippen LogP contribution < -0.4 is 15.0 Å². The average molecular weight is 470 g/mol. The minimum Gasteiger partial charge on any atom is -0.495 e. The van der Waals surface area contributed by atoms with Crippen molar-refractivity contribution in [3.8, 4) is 5.75 Å². The number of rotatable bonds is 6. The van der Waals surface area contributed by atoms with Crippen molar-refractivity contribution in [1.82, 2.24) is 4.31 Å². The standard InChI is InChI=1S/C24H24FN3O4S/c1-32-23-8-3-2-7-22(23)27-13-15-28(16-14-27)33(30,31)21-11-9-20(10-12-21)26-24(29)18-5-4-6-19(25)17-18/h2-12,17H,13-16H2,1H3,(H,26,29). The van der Waals surface area contributed by atoms with Gasteiger partial charge in [0.15, 0.2) is 0 Å². The van der Waals surface area contributed by atoms with Gasteiger partial charge in [-0.3, -0.25) is 4.79 Å². The first kappa shape index (κ1) is 22.8. The zero-order chi connectivity index (χ0) is 23.4. The number of hydrogen-bond acceptors (Lipinski definition) is 5. The normalized spacial score (nSPS) is 14.7. The van der Waals surface area contributed by atoms with Crippen molar-refractivity contribution in [2.75, 3.05) is 43.5 Å². The Morgan fingerprint density at radius 2 is 1.64 bits per heavy atom. The fraction of sp³-hybridized carbons (Fsp3) is 0.208. The van der Waals surface area contributed by atoms with Gasteiger partial charge in [-0.25, -0.2) is 12.8 Å². The number of sulfonamides is 1. The van der Waals surface area contributed by atoms with Crippen molar-refractivity contribution in [3.05, 3.63) is 84.2 Å². The van der Waals surface area contributed by atoms with E-state index in [0.29, 0.717) is 31.9 Å². The molecule has 0 atom stereocenters. The number of nitrogens with one attached hydrogen (secondary N) is 1. The molecule has 0 unspecified atom stereocenters. The van der Waals surface area contributed by atoms with Crippen molar-refractivity contribution in [2.45, 2.75) is 4.90 Å².